The van der Waals surface area contributed by atoms with Crippen LogP contribution < -0.4 is 5.73 Å². The van der Waals surface area contributed by atoms with Crippen LogP contribution in [0.3, 0.4) is 0 Å². The standard InChI is InChI=1S/C12H15N5O.C2H2/c1-7-8(4-18)2-3-9(7)17-6-16-10-11(13)14-5-15-12(10)17;1-2/h5-6,8-9,18H,1-4H2,(H2,13,14,15);1-2H. The molecule has 104 valence electrons. The van der Waals surface area contributed by atoms with Gasteiger partial charge in [0.25, 0.3) is 0 Å². The van der Waals surface area contributed by atoms with Crippen molar-refractivity contribution in [3.05, 3.63) is 24.8 Å². The van der Waals surface area contributed by atoms with E-state index in [0.717, 1.165) is 24.1 Å². The molecule has 1 saturated carbocycles. The zero-order chi connectivity index (χ0) is 14.7. The summed E-state index contributed by atoms with van der Waals surface area (Å²) < 4.78 is 1.98. The van der Waals surface area contributed by atoms with Crippen molar-refractivity contribution in [2.45, 2.75) is 18.9 Å². The maximum Gasteiger partial charge on any atom is 0.165 e. The van der Waals surface area contributed by atoms with Crippen LogP contribution in [0.25, 0.3) is 11.2 Å². The van der Waals surface area contributed by atoms with Crippen LogP contribution >= 0.6 is 0 Å². The summed E-state index contributed by atoms with van der Waals surface area (Å²) >= 11 is 0. The third kappa shape index (κ3) is 2.12. The topological polar surface area (TPSA) is 89.8 Å². The first-order chi connectivity index (χ1) is 9.72. The predicted octanol–water partition coefficient (Wildman–Crippen LogP) is 1.16. The van der Waals surface area contributed by atoms with Gasteiger partial charge in [0.05, 0.1) is 12.4 Å². The van der Waals surface area contributed by atoms with Gasteiger partial charge in [-0.05, 0) is 18.4 Å². The highest BCUT2D eigenvalue weighted by atomic mass is 16.3. The fourth-order valence-electron chi connectivity index (χ4n) is 2.63. The third-order valence-electron chi connectivity index (χ3n) is 3.68. The minimum atomic E-state index is 0.140. The van der Waals surface area contributed by atoms with Gasteiger partial charge in [-0.15, -0.1) is 12.8 Å². The molecule has 2 heterocycles. The Bertz CT molecular complexity index is 645. The van der Waals surface area contributed by atoms with Crippen LogP contribution in [0.2, 0.25) is 0 Å². The Labute approximate surface area is 117 Å². The number of nitrogens with zero attached hydrogens (tertiary/aromatic N) is 4. The number of aliphatic hydroxyl groups is 1. The van der Waals surface area contributed by atoms with Gasteiger partial charge in [-0.3, -0.25) is 0 Å². The fraction of sp³-hybridized carbons (Fsp3) is 0.357. The molecule has 20 heavy (non-hydrogen) atoms. The lowest BCUT2D eigenvalue weighted by Crippen LogP contribution is -2.10. The molecular weight excluding hydrogens is 254 g/mol. The summed E-state index contributed by atoms with van der Waals surface area (Å²) in [5.41, 5.74) is 8.15. The first-order valence-electron chi connectivity index (χ1n) is 6.28. The molecule has 6 heteroatoms. The highest BCUT2D eigenvalue weighted by molar-refractivity contribution is 5.81. The van der Waals surface area contributed by atoms with E-state index in [1.165, 1.54) is 6.33 Å². The SMILES string of the molecule is C#C.C=C1C(CO)CCC1n1cnc2c(N)ncnc21. The lowest BCUT2D eigenvalue weighted by molar-refractivity contribution is 0.249. The molecular formula is C14H17N5O. The van der Waals surface area contributed by atoms with Crippen LogP contribution in [0.15, 0.2) is 24.8 Å². The van der Waals surface area contributed by atoms with Crippen molar-refractivity contribution >= 4 is 17.0 Å². The normalized spacial score (nSPS) is 21.6. The first-order valence-corrected chi connectivity index (χ1v) is 6.28. The van der Waals surface area contributed by atoms with Crippen LogP contribution in [0.1, 0.15) is 18.9 Å². The van der Waals surface area contributed by atoms with Gasteiger partial charge in [0.15, 0.2) is 11.5 Å². The largest absolute Gasteiger partial charge is 0.396 e. The van der Waals surface area contributed by atoms with Gasteiger partial charge in [0.2, 0.25) is 0 Å². The lowest BCUT2D eigenvalue weighted by Gasteiger charge is -2.15. The molecule has 6 nitrogen and oxygen atoms in total. The molecule has 3 N–H and O–H groups in total. The summed E-state index contributed by atoms with van der Waals surface area (Å²) in [6.45, 7) is 4.24. The van der Waals surface area contributed by atoms with Crippen LogP contribution in [0.5, 0.6) is 0 Å². The maximum atomic E-state index is 9.28. The van der Waals surface area contributed by atoms with Crippen LogP contribution in [-0.4, -0.2) is 31.2 Å². The van der Waals surface area contributed by atoms with E-state index >= 15 is 0 Å². The van der Waals surface area contributed by atoms with E-state index in [1.54, 1.807) is 6.33 Å². The van der Waals surface area contributed by atoms with Gasteiger partial charge in [-0.25, -0.2) is 15.0 Å². The minimum Gasteiger partial charge on any atom is -0.396 e. The number of nitrogens with two attached hydrogens (primary N) is 1. The second-order valence-corrected chi connectivity index (χ2v) is 4.63. The van der Waals surface area contributed by atoms with Gasteiger partial charge in [0.1, 0.15) is 11.8 Å². The molecule has 2 aromatic heterocycles. The van der Waals surface area contributed by atoms with Crippen molar-refractivity contribution in [2.24, 2.45) is 5.92 Å². The Balaban J connectivity index is 0.000000704. The number of hydrogen-bond donors (Lipinski definition) is 2. The first kappa shape index (κ1) is 14.0. The second kappa shape index (κ2) is 5.72. The van der Waals surface area contributed by atoms with E-state index in [9.17, 15) is 5.11 Å². The smallest absolute Gasteiger partial charge is 0.165 e. The van der Waals surface area contributed by atoms with Crippen molar-refractivity contribution in [1.29, 1.82) is 0 Å². The third-order valence-corrected chi connectivity index (χ3v) is 3.68. The number of anilines is 1. The molecule has 1 fully saturated rings. The molecule has 0 saturated heterocycles. The average molecular weight is 271 g/mol. The lowest BCUT2D eigenvalue weighted by atomic mass is 10.0. The molecule has 0 aliphatic heterocycles. The molecule has 2 aromatic rings. The summed E-state index contributed by atoms with van der Waals surface area (Å²) in [7, 11) is 0. The molecule has 0 spiro atoms. The molecule has 0 bridgehead atoms. The van der Waals surface area contributed by atoms with Gasteiger partial charge >= 0.3 is 0 Å². The van der Waals surface area contributed by atoms with Gasteiger partial charge in [-0.2, -0.15) is 0 Å². The Kier molecular flexibility index (Phi) is 4.01. The number of terminal acetylenes is 1. The van der Waals surface area contributed by atoms with Crippen LogP contribution in [0, 0.1) is 18.8 Å². The molecule has 2 atom stereocenters. The van der Waals surface area contributed by atoms with E-state index in [2.05, 4.69) is 34.4 Å². The molecule has 3 rings (SSSR count). The van der Waals surface area contributed by atoms with Gasteiger partial charge in [0, 0.05) is 12.5 Å². The van der Waals surface area contributed by atoms with E-state index in [1.807, 2.05) is 4.57 Å². The molecule has 0 radical (unpaired) electrons. The average Bonchev–Trinajstić information content (AvgIpc) is 3.05. The fourth-order valence-corrected chi connectivity index (χ4v) is 2.63. The van der Waals surface area contributed by atoms with Crippen molar-refractivity contribution in [1.82, 2.24) is 19.5 Å². The van der Waals surface area contributed by atoms with Crippen molar-refractivity contribution in [2.75, 3.05) is 12.3 Å². The number of fused-ring (bicyclic) bond motifs is 1. The highest BCUT2D eigenvalue weighted by Crippen LogP contribution is 2.39. The molecule has 0 aromatic carbocycles. The summed E-state index contributed by atoms with van der Waals surface area (Å²) in [6.07, 6.45) is 13.1. The zero-order valence-corrected chi connectivity index (χ0v) is 11.1. The highest BCUT2D eigenvalue weighted by Gasteiger charge is 2.30. The Hall–Kier alpha value is -2.39. The van der Waals surface area contributed by atoms with E-state index < -0.39 is 0 Å². The van der Waals surface area contributed by atoms with Crippen LogP contribution in [-0.2, 0) is 0 Å². The van der Waals surface area contributed by atoms with Gasteiger partial charge < -0.3 is 15.4 Å². The van der Waals surface area contributed by atoms with E-state index in [-0.39, 0.29) is 18.6 Å². The van der Waals surface area contributed by atoms with Crippen molar-refractivity contribution in [3.8, 4) is 12.8 Å². The van der Waals surface area contributed by atoms with E-state index in [0.29, 0.717) is 11.3 Å². The number of imidazole rings is 1. The molecule has 1 aliphatic rings. The monoisotopic (exact) mass is 271 g/mol. The zero-order valence-electron chi connectivity index (χ0n) is 11.1. The number of aromatic nitrogens is 4. The Morgan fingerprint density at radius 3 is 2.75 bits per heavy atom. The number of aliphatic hydroxyl groups excluding tert-OH is 1. The summed E-state index contributed by atoms with van der Waals surface area (Å²) in [5, 5.41) is 9.28. The number of hydrogen-bond acceptors (Lipinski definition) is 5. The Morgan fingerprint density at radius 1 is 1.35 bits per heavy atom. The quantitative estimate of drug-likeness (QED) is 0.632. The molecule has 2 unspecified atom stereocenters. The van der Waals surface area contributed by atoms with E-state index in [4.69, 9.17) is 5.73 Å². The van der Waals surface area contributed by atoms with Gasteiger partial charge in [-0.1, -0.05) is 6.58 Å². The minimum absolute atomic E-state index is 0.140. The van der Waals surface area contributed by atoms with Crippen LogP contribution in [0.4, 0.5) is 5.82 Å². The second-order valence-electron chi connectivity index (χ2n) is 4.63. The Morgan fingerprint density at radius 2 is 2.10 bits per heavy atom. The predicted molar refractivity (Wildman–Crippen MR) is 77.6 cm³/mol. The van der Waals surface area contributed by atoms with Crippen molar-refractivity contribution in [3.63, 3.8) is 0 Å². The molecule has 0 amide bonds. The number of rotatable bonds is 2. The maximum absolute atomic E-state index is 9.28. The molecule has 1 aliphatic carbocycles. The summed E-state index contributed by atoms with van der Waals surface area (Å²) in [5.74, 6) is 0.563. The summed E-state index contributed by atoms with van der Waals surface area (Å²) in [6, 6.07) is 0.140. The summed E-state index contributed by atoms with van der Waals surface area (Å²) in [4.78, 5) is 12.4. The number of nitrogen functional groups attached to an aromatic ring is 1. The van der Waals surface area contributed by atoms with Crippen molar-refractivity contribution < 1.29 is 5.11 Å².